The Balaban J connectivity index is 1.93. The molecule has 1 fully saturated rings. The molecule has 0 aromatic carbocycles. The second-order valence-electron chi connectivity index (χ2n) is 2.09. The quantitative estimate of drug-likeness (QED) is 0.568. The van der Waals surface area contributed by atoms with Gasteiger partial charge in [-0.1, -0.05) is 0 Å². The largest absolute Gasteiger partial charge is 0.411 e. The van der Waals surface area contributed by atoms with E-state index < -0.39 is 12.8 Å². The van der Waals surface area contributed by atoms with Gasteiger partial charge in [0.15, 0.2) is 0 Å². The minimum absolute atomic E-state index is 0.0551. The predicted molar refractivity (Wildman–Crippen MR) is 26.6 cm³/mol. The smallest absolute Gasteiger partial charge is 0.371 e. The summed E-state index contributed by atoms with van der Waals surface area (Å²) in [6.45, 7) is -0.593. The molecule has 1 saturated heterocycles. The summed E-state index contributed by atoms with van der Waals surface area (Å²) in [4.78, 5) is 0. The van der Waals surface area contributed by atoms with Crippen LogP contribution in [-0.4, -0.2) is 32.1 Å². The van der Waals surface area contributed by atoms with Crippen LogP contribution in [0, 0.1) is 0 Å². The molecule has 0 bridgehead atoms. The molecule has 1 unspecified atom stereocenters. The fourth-order valence-electron chi connectivity index (χ4n) is 0.470. The van der Waals surface area contributed by atoms with E-state index in [1.54, 1.807) is 0 Å². The summed E-state index contributed by atoms with van der Waals surface area (Å²) >= 11 is 0. The van der Waals surface area contributed by atoms with Gasteiger partial charge >= 0.3 is 6.18 Å². The van der Waals surface area contributed by atoms with Gasteiger partial charge in [-0.3, -0.25) is 0 Å². The van der Waals surface area contributed by atoms with Crippen LogP contribution in [-0.2, 0) is 9.47 Å². The van der Waals surface area contributed by atoms with Crippen molar-refractivity contribution in [3.63, 3.8) is 0 Å². The first-order valence-corrected chi connectivity index (χ1v) is 2.84. The second kappa shape index (κ2) is 2.75. The van der Waals surface area contributed by atoms with Gasteiger partial charge in [0.25, 0.3) is 0 Å². The zero-order valence-electron chi connectivity index (χ0n) is 5.15. The lowest BCUT2D eigenvalue weighted by Gasteiger charge is -2.04. The molecule has 60 valence electrons. The predicted octanol–water partition coefficient (Wildman–Crippen LogP) is 0.964. The summed E-state index contributed by atoms with van der Waals surface area (Å²) in [5, 5.41) is 0. The fourth-order valence-corrected chi connectivity index (χ4v) is 0.470. The van der Waals surface area contributed by atoms with Gasteiger partial charge in [0.1, 0.15) is 12.7 Å². The monoisotopic (exact) mass is 156 g/mol. The van der Waals surface area contributed by atoms with Gasteiger partial charge in [-0.15, -0.1) is 0 Å². The van der Waals surface area contributed by atoms with Crippen LogP contribution in [0.2, 0.25) is 0 Å². The van der Waals surface area contributed by atoms with E-state index in [4.69, 9.17) is 0 Å². The van der Waals surface area contributed by atoms with Crippen molar-refractivity contribution in [2.24, 2.45) is 0 Å². The molecule has 0 N–H and O–H groups in total. The Kier molecular flexibility index (Phi) is 2.15. The molecule has 1 rings (SSSR count). The number of hydrogen-bond acceptors (Lipinski definition) is 2. The second-order valence-corrected chi connectivity index (χ2v) is 2.09. The maximum atomic E-state index is 11.4. The topological polar surface area (TPSA) is 21.8 Å². The Morgan fingerprint density at radius 1 is 1.50 bits per heavy atom. The molecular formula is C5H7F3O2. The Hall–Kier alpha value is -0.290. The molecule has 0 aliphatic carbocycles. The van der Waals surface area contributed by atoms with Crippen LogP contribution < -0.4 is 0 Å². The summed E-state index contributed by atoms with van der Waals surface area (Å²) < 4.78 is 43.0. The van der Waals surface area contributed by atoms with Crippen LogP contribution in [0.1, 0.15) is 0 Å². The molecule has 5 heteroatoms. The van der Waals surface area contributed by atoms with Crippen molar-refractivity contribution >= 4 is 0 Å². The van der Waals surface area contributed by atoms with E-state index in [0.29, 0.717) is 6.61 Å². The van der Waals surface area contributed by atoms with Crippen molar-refractivity contribution in [2.75, 3.05) is 19.8 Å². The van der Waals surface area contributed by atoms with Crippen molar-refractivity contribution in [1.82, 2.24) is 0 Å². The van der Waals surface area contributed by atoms with Crippen molar-refractivity contribution in [3.8, 4) is 0 Å². The highest BCUT2D eigenvalue weighted by Gasteiger charge is 2.30. The number of halogens is 3. The first-order chi connectivity index (χ1) is 4.58. The Morgan fingerprint density at radius 2 is 2.10 bits per heavy atom. The molecule has 0 spiro atoms. The van der Waals surface area contributed by atoms with Crippen molar-refractivity contribution in [1.29, 1.82) is 0 Å². The minimum atomic E-state index is -4.21. The van der Waals surface area contributed by atoms with Gasteiger partial charge in [0.05, 0.1) is 13.2 Å². The molecule has 0 aromatic heterocycles. The van der Waals surface area contributed by atoms with Gasteiger partial charge < -0.3 is 9.47 Å². The Bertz CT molecular complexity index is 108. The van der Waals surface area contributed by atoms with E-state index in [-0.39, 0.29) is 12.7 Å². The van der Waals surface area contributed by atoms with E-state index >= 15 is 0 Å². The summed E-state index contributed by atoms with van der Waals surface area (Å²) in [7, 11) is 0. The molecule has 2 nitrogen and oxygen atoms in total. The third kappa shape index (κ3) is 3.68. The number of rotatable bonds is 3. The standard InChI is InChI=1S/C5H7F3O2/c6-5(7,8)3-9-1-4-2-10-4/h4H,1-3H2. The number of alkyl halides is 3. The van der Waals surface area contributed by atoms with E-state index in [0.717, 1.165) is 0 Å². The molecule has 0 amide bonds. The molecule has 0 aromatic rings. The number of epoxide rings is 1. The Labute approximate surface area is 55.9 Å². The van der Waals surface area contributed by atoms with Gasteiger partial charge in [0, 0.05) is 0 Å². The maximum absolute atomic E-state index is 11.4. The third-order valence-electron chi connectivity index (χ3n) is 0.972. The number of hydrogen-bond donors (Lipinski definition) is 0. The summed E-state index contributed by atoms with van der Waals surface area (Å²) in [6.07, 6.45) is -4.31. The van der Waals surface area contributed by atoms with Crippen molar-refractivity contribution in [3.05, 3.63) is 0 Å². The van der Waals surface area contributed by atoms with Gasteiger partial charge in [-0.2, -0.15) is 13.2 Å². The molecular weight excluding hydrogens is 149 g/mol. The summed E-state index contributed by atoms with van der Waals surface area (Å²) in [5.74, 6) is 0. The lowest BCUT2D eigenvalue weighted by Crippen LogP contribution is -2.18. The average molecular weight is 156 g/mol. The molecule has 1 atom stereocenters. The maximum Gasteiger partial charge on any atom is 0.411 e. The molecule has 1 heterocycles. The minimum Gasteiger partial charge on any atom is -0.371 e. The highest BCUT2D eigenvalue weighted by atomic mass is 19.4. The Morgan fingerprint density at radius 3 is 2.50 bits per heavy atom. The van der Waals surface area contributed by atoms with Crippen LogP contribution in [0.3, 0.4) is 0 Å². The van der Waals surface area contributed by atoms with Crippen LogP contribution in [0.15, 0.2) is 0 Å². The van der Waals surface area contributed by atoms with Crippen LogP contribution in [0.4, 0.5) is 13.2 Å². The average Bonchev–Trinajstić information content (AvgIpc) is 2.45. The highest BCUT2D eigenvalue weighted by Crippen LogP contribution is 2.16. The lowest BCUT2D eigenvalue weighted by molar-refractivity contribution is -0.174. The van der Waals surface area contributed by atoms with Gasteiger partial charge in [-0.25, -0.2) is 0 Å². The van der Waals surface area contributed by atoms with Gasteiger partial charge in [-0.05, 0) is 0 Å². The van der Waals surface area contributed by atoms with E-state index in [1.807, 2.05) is 0 Å². The fraction of sp³-hybridized carbons (Fsp3) is 1.00. The molecule has 0 radical (unpaired) electrons. The van der Waals surface area contributed by atoms with E-state index in [9.17, 15) is 13.2 Å². The first kappa shape index (κ1) is 7.81. The summed E-state index contributed by atoms with van der Waals surface area (Å²) in [6, 6.07) is 0. The van der Waals surface area contributed by atoms with Crippen LogP contribution in [0.5, 0.6) is 0 Å². The molecule has 1 aliphatic heterocycles. The van der Waals surface area contributed by atoms with Gasteiger partial charge in [0.2, 0.25) is 0 Å². The normalized spacial score (nSPS) is 24.9. The van der Waals surface area contributed by atoms with Crippen LogP contribution >= 0.6 is 0 Å². The van der Waals surface area contributed by atoms with Crippen molar-refractivity contribution < 1.29 is 22.6 Å². The molecule has 1 aliphatic rings. The zero-order valence-corrected chi connectivity index (χ0v) is 5.15. The summed E-state index contributed by atoms with van der Waals surface area (Å²) in [5.41, 5.74) is 0. The lowest BCUT2D eigenvalue weighted by atomic mass is 10.5. The molecule has 0 saturated carbocycles. The molecule has 10 heavy (non-hydrogen) atoms. The van der Waals surface area contributed by atoms with Crippen LogP contribution in [0.25, 0.3) is 0 Å². The SMILES string of the molecule is FC(F)(F)COCC1CO1. The first-order valence-electron chi connectivity index (χ1n) is 2.84. The van der Waals surface area contributed by atoms with E-state index in [1.165, 1.54) is 0 Å². The van der Waals surface area contributed by atoms with E-state index in [2.05, 4.69) is 9.47 Å². The third-order valence-corrected chi connectivity index (χ3v) is 0.972. The zero-order chi connectivity index (χ0) is 7.61. The number of ether oxygens (including phenoxy) is 2. The highest BCUT2D eigenvalue weighted by molar-refractivity contribution is 4.67. The van der Waals surface area contributed by atoms with Crippen molar-refractivity contribution in [2.45, 2.75) is 12.3 Å².